The molecule has 1 rings (SSSR count). The topological polar surface area (TPSA) is 95.0 Å². The van der Waals surface area contributed by atoms with Crippen LogP contribution in [-0.2, 0) is 20.0 Å². The van der Waals surface area contributed by atoms with Crippen LogP contribution in [0.2, 0.25) is 0 Å². The Morgan fingerprint density at radius 1 is 1.29 bits per heavy atom. The molecule has 0 aromatic carbocycles. The number of aliphatic hydroxyl groups is 1. The van der Waals surface area contributed by atoms with E-state index in [9.17, 15) is 16.8 Å². The first-order valence-electron chi connectivity index (χ1n) is 5.32. The molecule has 0 spiro atoms. The van der Waals surface area contributed by atoms with Gasteiger partial charge < -0.3 is 5.11 Å². The molecule has 0 aromatic heterocycles. The van der Waals surface area contributed by atoms with Crippen LogP contribution in [0.3, 0.4) is 0 Å². The fourth-order valence-electron chi connectivity index (χ4n) is 1.53. The first-order chi connectivity index (χ1) is 7.79. The highest BCUT2D eigenvalue weighted by molar-refractivity contribution is 7.91. The smallest absolute Gasteiger partial charge is 0.281 e. The molecule has 1 fully saturated rings. The predicted octanol–water partition coefficient (Wildman–Crippen LogP) is -1.72. The van der Waals surface area contributed by atoms with Crippen LogP contribution in [-0.4, -0.2) is 75.3 Å². The molecule has 1 N–H and O–H groups in total. The first-order valence-corrected chi connectivity index (χ1v) is 8.54. The Morgan fingerprint density at radius 3 is 2.29 bits per heavy atom. The summed E-state index contributed by atoms with van der Waals surface area (Å²) in [5.41, 5.74) is 0. The molecule has 9 heteroatoms. The predicted molar refractivity (Wildman–Crippen MR) is 63.5 cm³/mol. The Balaban J connectivity index is 2.66. The molecule has 1 saturated heterocycles. The van der Waals surface area contributed by atoms with Crippen LogP contribution in [0.5, 0.6) is 0 Å². The van der Waals surface area contributed by atoms with E-state index in [-0.39, 0.29) is 37.7 Å². The molecular formula is C8H18N2O5S2. The van der Waals surface area contributed by atoms with E-state index in [1.54, 1.807) is 0 Å². The Labute approximate surface area is 102 Å². The van der Waals surface area contributed by atoms with Crippen LogP contribution in [0.4, 0.5) is 0 Å². The molecular weight excluding hydrogens is 268 g/mol. The van der Waals surface area contributed by atoms with Gasteiger partial charge in [0.15, 0.2) is 9.84 Å². The zero-order valence-electron chi connectivity index (χ0n) is 9.74. The highest BCUT2D eigenvalue weighted by atomic mass is 32.2. The van der Waals surface area contributed by atoms with Crippen molar-refractivity contribution in [3.05, 3.63) is 0 Å². The molecule has 0 amide bonds. The molecule has 0 unspecified atom stereocenters. The molecule has 0 aromatic rings. The van der Waals surface area contributed by atoms with Crippen molar-refractivity contribution in [2.24, 2.45) is 0 Å². The van der Waals surface area contributed by atoms with Gasteiger partial charge >= 0.3 is 0 Å². The van der Waals surface area contributed by atoms with Crippen molar-refractivity contribution in [3.63, 3.8) is 0 Å². The molecule has 0 bridgehead atoms. The fourth-order valence-corrected chi connectivity index (χ4v) is 4.36. The average Bonchev–Trinajstić information content (AvgIpc) is 2.25. The third-order valence-corrected chi connectivity index (χ3v) is 6.25. The van der Waals surface area contributed by atoms with E-state index in [1.807, 2.05) is 0 Å². The van der Waals surface area contributed by atoms with E-state index in [2.05, 4.69) is 0 Å². The summed E-state index contributed by atoms with van der Waals surface area (Å²) in [6.07, 6.45) is 0.363. The molecule has 0 atom stereocenters. The van der Waals surface area contributed by atoms with Gasteiger partial charge in [0, 0.05) is 33.3 Å². The summed E-state index contributed by atoms with van der Waals surface area (Å²) in [5, 5.41) is 8.65. The van der Waals surface area contributed by atoms with E-state index in [4.69, 9.17) is 5.11 Å². The minimum absolute atomic E-state index is 0.00807. The van der Waals surface area contributed by atoms with Crippen molar-refractivity contribution in [1.82, 2.24) is 8.61 Å². The lowest BCUT2D eigenvalue weighted by atomic mass is 10.5. The zero-order valence-corrected chi connectivity index (χ0v) is 11.4. The molecule has 17 heavy (non-hydrogen) atoms. The van der Waals surface area contributed by atoms with Gasteiger partial charge in [0.2, 0.25) is 0 Å². The monoisotopic (exact) mass is 286 g/mol. The number of hydrogen-bond acceptors (Lipinski definition) is 5. The molecule has 0 saturated carbocycles. The SMILES string of the molecule is CN(CCCO)S(=O)(=O)N1CCS(=O)(=O)CC1. The van der Waals surface area contributed by atoms with Crippen molar-refractivity contribution in [2.75, 3.05) is 44.8 Å². The summed E-state index contributed by atoms with van der Waals surface area (Å²) in [6.45, 7) is 0.165. The third-order valence-electron chi connectivity index (χ3n) is 2.65. The maximum atomic E-state index is 12.0. The minimum atomic E-state index is -3.59. The van der Waals surface area contributed by atoms with Crippen LogP contribution in [0.15, 0.2) is 0 Å². The van der Waals surface area contributed by atoms with Gasteiger partial charge in [0.05, 0.1) is 11.5 Å². The Bertz CT molecular complexity index is 431. The Hall–Kier alpha value is -0.220. The lowest BCUT2D eigenvalue weighted by Gasteiger charge is -2.29. The van der Waals surface area contributed by atoms with Gasteiger partial charge in [-0.2, -0.15) is 17.0 Å². The largest absolute Gasteiger partial charge is 0.396 e. The van der Waals surface area contributed by atoms with E-state index >= 15 is 0 Å². The van der Waals surface area contributed by atoms with Crippen molar-refractivity contribution >= 4 is 20.0 Å². The van der Waals surface area contributed by atoms with Crippen molar-refractivity contribution in [3.8, 4) is 0 Å². The van der Waals surface area contributed by atoms with Gasteiger partial charge in [-0.1, -0.05) is 0 Å². The molecule has 102 valence electrons. The van der Waals surface area contributed by atoms with Crippen molar-refractivity contribution in [1.29, 1.82) is 0 Å². The summed E-state index contributed by atoms with van der Waals surface area (Å²) in [5.74, 6) is -0.250. The van der Waals surface area contributed by atoms with E-state index in [0.29, 0.717) is 6.42 Å². The summed E-state index contributed by atoms with van der Waals surface area (Å²) in [7, 11) is -5.25. The van der Waals surface area contributed by atoms with E-state index in [1.165, 1.54) is 11.4 Å². The fraction of sp³-hybridized carbons (Fsp3) is 1.00. The molecule has 7 nitrogen and oxygen atoms in total. The van der Waals surface area contributed by atoms with Crippen LogP contribution in [0.25, 0.3) is 0 Å². The van der Waals surface area contributed by atoms with Gasteiger partial charge in [-0.15, -0.1) is 0 Å². The molecule has 0 aliphatic carbocycles. The second-order valence-corrected chi connectivity index (χ2v) is 8.30. The van der Waals surface area contributed by atoms with Gasteiger partial charge in [0.25, 0.3) is 10.2 Å². The molecule has 1 heterocycles. The average molecular weight is 286 g/mol. The van der Waals surface area contributed by atoms with Gasteiger partial charge in [-0.3, -0.25) is 0 Å². The summed E-state index contributed by atoms with van der Waals surface area (Å²) in [4.78, 5) is 0. The second-order valence-electron chi connectivity index (χ2n) is 3.96. The number of aliphatic hydroxyl groups excluding tert-OH is 1. The summed E-state index contributed by atoms with van der Waals surface area (Å²) >= 11 is 0. The number of nitrogens with zero attached hydrogens (tertiary/aromatic N) is 2. The van der Waals surface area contributed by atoms with E-state index in [0.717, 1.165) is 4.31 Å². The van der Waals surface area contributed by atoms with Gasteiger partial charge in [0.1, 0.15) is 0 Å². The summed E-state index contributed by atoms with van der Waals surface area (Å²) in [6, 6.07) is 0. The number of rotatable bonds is 5. The Morgan fingerprint density at radius 2 is 1.82 bits per heavy atom. The second kappa shape index (κ2) is 5.61. The molecule has 1 aliphatic rings. The van der Waals surface area contributed by atoms with Crippen LogP contribution in [0, 0.1) is 0 Å². The van der Waals surface area contributed by atoms with Crippen LogP contribution in [0.1, 0.15) is 6.42 Å². The quantitative estimate of drug-likeness (QED) is 0.648. The van der Waals surface area contributed by atoms with Crippen molar-refractivity contribution < 1.29 is 21.9 Å². The lowest BCUT2D eigenvalue weighted by molar-refractivity contribution is 0.271. The van der Waals surface area contributed by atoms with E-state index < -0.39 is 20.0 Å². The van der Waals surface area contributed by atoms with Crippen LogP contribution >= 0.6 is 0 Å². The minimum Gasteiger partial charge on any atom is -0.396 e. The molecule has 0 radical (unpaired) electrons. The van der Waals surface area contributed by atoms with Gasteiger partial charge in [-0.05, 0) is 6.42 Å². The highest BCUT2D eigenvalue weighted by Gasteiger charge is 2.32. The van der Waals surface area contributed by atoms with Crippen LogP contribution < -0.4 is 0 Å². The maximum absolute atomic E-state index is 12.0. The lowest BCUT2D eigenvalue weighted by Crippen LogP contribution is -2.49. The third kappa shape index (κ3) is 3.88. The molecule has 1 aliphatic heterocycles. The zero-order chi connectivity index (χ0) is 13.1. The Kier molecular flexibility index (Phi) is 4.90. The van der Waals surface area contributed by atoms with Crippen molar-refractivity contribution in [2.45, 2.75) is 6.42 Å². The highest BCUT2D eigenvalue weighted by Crippen LogP contribution is 2.12. The number of hydrogen-bond donors (Lipinski definition) is 1. The maximum Gasteiger partial charge on any atom is 0.281 e. The van der Waals surface area contributed by atoms with Gasteiger partial charge in [-0.25, -0.2) is 8.42 Å². The number of sulfone groups is 1. The summed E-state index contributed by atoms with van der Waals surface area (Å²) < 4.78 is 48.7. The normalized spacial score (nSPS) is 21.8. The first kappa shape index (κ1) is 14.8. The standard InChI is InChI=1S/C8H18N2O5S2/c1-9(3-2-6-11)17(14,15)10-4-7-16(12,13)8-5-10/h11H,2-8H2,1H3.